The van der Waals surface area contributed by atoms with Gasteiger partial charge in [0.25, 0.3) is 0 Å². The summed E-state index contributed by atoms with van der Waals surface area (Å²) < 4.78 is 6.45. The molecule has 1 aromatic heterocycles. The minimum absolute atomic E-state index is 0.191. The maximum Gasteiger partial charge on any atom is 0.244 e. The molecule has 0 spiro atoms. The summed E-state index contributed by atoms with van der Waals surface area (Å²) in [7, 11) is 3.34. The highest BCUT2D eigenvalue weighted by Gasteiger charge is 2.03. The van der Waals surface area contributed by atoms with Gasteiger partial charge in [-0.25, -0.2) is 0 Å². The molecule has 0 fully saturated rings. The third-order valence-electron chi connectivity index (χ3n) is 2.29. The van der Waals surface area contributed by atoms with Gasteiger partial charge in [0.1, 0.15) is 0 Å². The molecule has 1 aromatic rings. The SMILES string of the molecule is COCC(O)CCNC(=O)/C=C/c1cnn(C)c1. The molecule has 0 aliphatic rings. The average molecular weight is 253 g/mol. The maximum absolute atomic E-state index is 11.4. The molecular formula is C12H19N3O3. The van der Waals surface area contributed by atoms with Gasteiger partial charge in [-0.05, 0) is 12.5 Å². The molecule has 2 N–H and O–H groups in total. The molecule has 1 rings (SSSR count). The summed E-state index contributed by atoms with van der Waals surface area (Å²) in [5.74, 6) is -0.191. The summed E-state index contributed by atoms with van der Waals surface area (Å²) >= 11 is 0. The Balaban J connectivity index is 2.23. The van der Waals surface area contributed by atoms with E-state index >= 15 is 0 Å². The Hall–Kier alpha value is -1.66. The van der Waals surface area contributed by atoms with Crippen molar-refractivity contribution in [1.29, 1.82) is 0 Å². The van der Waals surface area contributed by atoms with Crippen molar-refractivity contribution in [3.63, 3.8) is 0 Å². The summed E-state index contributed by atoms with van der Waals surface area (Å²) in [4.78, 5) is 11.4. The van der Waals surface area contributed by atoms with Crippen LogP contribution in [-0.4, -0.2) is 47.2 Å². The molecular weight excluding hydrogens is 234 g/mol. The molecule has 6 heteroatoms. The number of aromatic nitrogens is 2. The van der Waals surface area contributed by atoms with Crippen LogP contribution in [0.5, 0.6) is 0 Å². The summed E-state index contributed by atoms with van der Waals surface area (Å²) in [6.45, 7) is 0.697. The van der Waals surface area contributed by atoms with Crippen LogP contribution in [0.15, 0.2) is 18.5 Å². The monoisotopic (exact) mass is 253 g/mol. The number of aryl methyl sites for hydroxylation is 1. The third kappa shape index (κ3) is 5.60. The number of ether oxygens (including phenoxy) is 1. The van der Waals surface area contributed by atoms with Crippen molar-refractivity contribution in [3.8, 4) is 0 Å². The fourth-order valence-electron chi connectivity index (χ4n) is 1.39. The Kier molecular flexibility index (Phi) is 6.10. The number of nitrogens with zero attached hydrogens (tertiary/aromatic N) is 2. The van der Waals surface area contributed by atoms with E-state index in [0.29, 0.717) is 13.0 Å². The van der Waals surface area contributed by atoms with Gasteiger partial charge in [-0.3, -0.25) is 9.48 Å². The van der Waals surface area contributed by atoms with Gasteiger partial charge < -0.3 is 15.2 Å². The van der Waals surface area contributed by atoms with Gasteiger partial charge in [-0.15, -0.1) is 0 Å². The van der Waals surface area contributed by atoms with E-state index < -0.39 is 6.10 Å². The zero-order valence-corrected chi connectivity index (χ0v) is 10.7. The number of carbonyl (C=O) groups excluding carboxylic acids is 1. The van der Waals surface area contributed by atoms with E-state index in [1.165, 1.54) is 13.2 Å². The van der Waals surface area contributed by atoms with Crippen molar-refractivity contribution in [3.05, 3.63) is 24.0 Å². The average Bonchev–Trinajstić information content (AvgIpc) is 2.73. The van der Waals surface area contributed by atoms with Gasteiger partial charge in [0.05, 0.1) is 18.9 Å². The van der Waals surface area contributed by atoms with Crippen molar-refractivity contribution in [2.75, 3.05) is 20.3 Å². The first kappa shape index (κ1) is 14.4. The van der Waals surface area contributed by atoms with Crippen LogP contribution in [0.3, 0.4) is 0 Å². The standard InChI is InChI=1S/C12H19N3O3/c1-15-8-10(7-14-15)3-4-12(17)13-6-5-11(16)9-18-2/h3-4,7-8,11,16H,5-6,9H2,1-2H3,(H,13,17)/b4-3+. The Morgan fingerprint density at radius 1 is 1.72 bits per heavy atom. The zero-order chi connectivity index (χ0) is 13.4. The predicted octanol–water partition coefficient (Wildman–Crippen LogP) is -0.0531. The second-order valence-electron chi connectivity index (χ2n) is 3.97. The second-order valence-corrected chi connectivity index (χ2v) is 3.97. The van der Waals surface area contributed by atoms with Gasteiger partial charge in [0.2, 0.25) is 5.91 Å². The topological polar surface area (TPSA) is 76.4 Å². The van der Waals surface area contributed by atoms with E-state index in [2.05, 4.69) is 10.4 Å². The van der Waals surface area contributed by atoms with Crippen LogP contribution in [0.1, 0.15) is 12.0 Å². The first-order valence-electron chi connectivity index (χ1n) is 5.73. The lowest BCUT2D eigenvalue weighted by Crippen LogP contribution is -2.27. The zero-order valence-electron chi connectivity index (χ0n) is 10.7. The van der Waals surface area contributed by atoms with Gasteiger partial charge in [-0.1, -0.05) is 0 Å². The summed E-state index contributed by atoms with van der Waals surface area (Å²) in [5.41, 5.74) is 0.868. The number of aliphatic hydroxyl groups is 1. The van der Waals surface area contributed by atoms with E-state index in [1.54, 1.807) is 17.0 Å². The second kappa shape index (κ2) is 7.62. The van der Waals surface area contributed by atoms with E-state index in [0.717, 1.165) is 5.56 Å². The normalized spacial score (nSPS) is 12.8. The van der Waals surface area contributed by atoms with Crippen molar-refractivity contribution in [1.82, 2.24) is 15.1 Å². The van der Waals surface area contributed by atoms with E-state index in [-0.39, 0.29) is 12.5 Å². The maximum atomic E-state index is 11.4. The van der Waals surface area contributed by atoms with Crippen molar-refractivity contribution >= 4 is 12.0 Å². The smallest absolute Gasteiger partial charge is 0.244 e. The summed E-state index contributed by atoms with van der Waals surface area (Å²) in [6.07, 6.45) is 6.55. The van der Waals surface area contributed by atoms with Gasteiger partial charge in [0.15, 0.2) is 0 Å². The Morgan fingerprint density at radius 2 is 2.50 bits per heavy atom. The van der Waals surface area contributed by atoms with Crippen LogP contribution in [-0.2, 0) is 16.6 Å². The first-order chi connectivity index (χ1) is 8.61. The quantitative estimate of drug-likeness (QED) is 0.668. The van der Waals surface area contributed by atoms with E-state index in [9.17, 15) is 9.90 Å². The highest BCUT2D eigenvalue weighted by molar-refractivity contribution is 5.91. The van der Waals surface area contributed by atoms with Gasteiger partial charge >= 0.3 is 0 Å². The molecule has 1 unspecified atom stereocenters. The molecule has 18 heavy (non-hydrogen) atoms. The number of carbonyl (C=O) groups is 1. The predicted molar refractivity (Wildman–Crippen MR) is 67.8 cm³/mol. The molecule has 0 saturated carbocycles. The highest BCUT2D eigenvalue weighted by atomic mass is 16.5. The minimum Gasteiger partial charge on any atom is -0.391 e. The number of hydrogen-bond donors (Lipinski definition) is 2. The lowest BCUT2D eigenvalue weighted by atomic mass is 10.2. The number of amides is 1. The molecule has 6 nitrogen and oxygen atoms in total. The molecule has 1 heterocycles. The van der Waals surface area contributed by atoms with Crippen LogP contribution in [0.25, 0.3) is 6.08 Å². The minimum atomic E-state index is -0.544. The number of aliphatic hydroxyl groups excluding tert-OH is 1. The summed E-state index contributed by atoms with van der Waals surface area (Å²) in [6, 6.07) is 0. The fourth-order valence-corrected chi connectivity index (χ4v) is 1.39. The molecule has 0 radical (unpaired) electrons. The molecule has 0 bridgehead atoms. The van der Waals surface area contributed by atoms with Crippen molar-refractivity contribution in [2.24, 2.45) is 7.05 Å². The Bertz CT molecular complexity index is 401. The van der Waals surface area contributed by atoms with E-state index in [1.807, 2.05) is 13.2 Å². The van der Waals surface area contributed by atoms with Crippen LogP contribution < -0.4 is 5.32 Å². The highest BCUT2D eigenvalue weighted by Crippen LogP contribution is 1.98. The fraction of sp³-hybridized carbons (Fsp3) is 0.500. The van der Waals surface area contributed by atoms with Crippen molar-refractivity contribution in [2.45, 2.75) is 12.5 Å². The van der Waals surface area contributed by atoms with Crippen LogP contribution in [0.4, 0.5) is 0 Å². The number of nitrogens with one attached hydrogen (secondary N) is 1. The van der Waals surface area contributed by atoms with Crippen LogP contribution in [0, 0.1) is 0 Å². The number of methoxy groups -OCH3 is 1. The number of hydrogen-bond acceptors (Lipinski definition) is 4. The first-order valence-corrected chi connectivity index (χ1v) is 5.73. The third-order valence-corrected chi connectivity index (χ3v) is 2.29. The summed E-state index contributed by atoms with van der Waals surface area (Å²) in [5, 5.41) is 16.0. The molecule has 1 atom stereocenters. The molecule has 0 aliphatic heterocycles. The molecule has 1 amide bonds. The largest absolute Gasteiger partial charge is 0.391 e. The van der Waals surface area contributed by atoms with Gasteiger partial charge in [0, 0.05) is 38.5 Å². The van der Waals surface area contributed by atoms with Crippen LogP contribution in [0.2, 0.25) is 0 Å². The molecule has 0 saturated heterocycles. The Labute approximate surface area is 106 Å². The molecule has 0 aromatic carbocycles. The Morgan fingerprint density at radius 3 is 3.11 bits per heavy atom. The number of rotatable bonds is 7. The van der Waals surface area contributed by atoms with Crippen LogP contribution >= 0.6 is 0 Å². The lowest BCUT2D eigenvalue weighted by Gasteiger charge is -2.08. The van der Waals surface area contributed by atoms with E-state index in [4.69, 9.17) is 4.74 Å². The van der Waals surface area contributed by atoms with Gasteiger partial charge in [-0.2, -0.15) is 5.10 Å². The molecule has 100 valence electrons. The molecule has 0 aliphatic carbocycles. The lowest BCUT2D eigenvalue weighted by molar-refractivity contribution is -0.116. The van der Waals surface area contributed by atoms with Crippen molar-refractivity contribution < 1.29 is 14.6 Å².